The van der Waals surface area contributed by atoms with Crippen LogP contribution in [0.25, 0.3) is 0 Å². The van der Waals surface area contributed by atoms with E-state index < -0.39 is 0 Å². The van der Waals surface area contributed by atoms with E-state index in [-0.39, 0.29) is 18.3 Å². The molecule has 0 amide bonds. The standard InChI is InChI=1S/C15H22BNO2S/c1-12(9-11-20-13-8-6-7-10-17-13)16-18-14(2,3)15(4,5)19-16/h6-10H,11H2,1-5H3/b12-9+. The second-order valence-corrected chi connectivity index (χ2v) is 7.06. The van der Waals surface area contributed by atoms with Gasteiger partial charge in [0.2, 0.25) is 0 Å². The van der Waals surface area contributed by atoms with Crippen molar-refractivity contribution < 1.29 is 9.31 Å². The van der Waals surface area contributed by atoms with Gasteiger partial charge in [-0.25, -0.2) is 4.98 Å². The van der Waals surface area contributed by atoms with Crippen molar-refractivity contribution in [2.45, 2.75) is 50.8 Å². The van der Waals surface area contributed by atoms with Gasteiger partial charge in [0.1, 0.15) is 0 Å². The minimum atomic E-state index is -0.277. The summed E-state index contributed by atoms with van der Waals surface area (Å²) in [5.74, 6) is 0.868. The summed E-state index contributed by atoms with van der Waals surface area (Å²) in [5.41, 5.74) is 0.564. The zero-order valence-corrected chi connectivity index (χ0v) is 13.7. The van der Waals surface area contributed by atoms with Gasteiger partial charge < -0.3 is 9.31 Å². The minimum absolute atomic E-state index is 0.246. The molecule has 2 rings (SSSR count). The number of pyridine rings is 1. The van der Waals surface area contributed by atoms with Gasteiger partial charge >= 0.3 is 7.12 Å². The summed E-state index contributed by atoms with van der Waals surface area (Å²) in [5, 5.41) is 1.03. The van der Waals surface area contributed by atoms with Crippen LogP contribution >= 0.6 is 11.8 Å². The molecular weight excluding hydrogens is 269 g/mol. The van der Waals surface area contributed by atoms with E-state index in [0.29, 0.717) is 0 Å². The molecule has 20 heavy (non-hydrogen) atoms. The highest BCUT2D eigenvalue weighted by atomic mass is 32.2. The quantitative estimate of drug-likeness (QED) is 0.624. The maximum absolute atomic E-state index is 6.01. The Morgan fingerprint density at radius 3 is 2.45 bits per heavy atom. The van der Waals surface area contributed by atoms with E-state index in [9.17, 15) is 0 Å². The summed E-state index contributed by atoms with van der Waals surface area (Å²) >= 11 is 1.71. The van der Waals surface area contributed by atoms with Crippen LogP contribution in [0.5, 0.6) is 0 Å². The van der Waals surface area contributed by atoms with Gasteiger partial charge in [0.05, 0.1) is 16.2 Å². The van der Waals surface area contributed by atoms with Gasteiger partial charge in [-0.05, 0) is 52.2 Å². The monoisotopic (exact) mass is 291 g/mol. The van der Waals surface area contributed by atoms with Gasteiger partial charge in [0.15, 0.2) is 0 Å². The summed E-state index contributed by atoms with van der Waals surface area (Å²) in [6.45, 7) is 10.3. The maximum atomic E-state index is 6.01. The molecule has 0 saturated carbocycles. The first-order chi connectivity index (χ1) is 9.32. The number of thioether (sulfide) groups is 1. The number of nitrogens with zero attached hydrogens (tertiary/aromatic N) is 1. The van der Waals surface area contributed by atoms with Crippen LogP contribution in [0, 0.1) is 0 Å². The van der Waals surface area contributed by atoms with Crippen LogP contribution in [0.1, 0.15) is 34.6 Å². The predicted molar refractivity (Wildman–Crippen MR) is 84.8 cm³/mol. The Bertz CT molecular complexity index is 472. The first-order valence-corrected chi connectivity index (χ1v) is 7.86. The molecule has 0 N–H and O–H groups in total. The molecule has 0 unspecified atom stereocenters. The van der Waals surface area contributed by atoms with E-state index in [2.05, 4.69) is 45.7 Å². The number of hydrogen-bond donors (Lipinski definition) is 0. The fraction of sp³-hybridized carbons (Fsp3) is 0.533. The van der Waals surface area contributed by atoms with Crippen molar-refractivity contribution in [1.29, 1.82) is 0 Å². The van der Waals surface area contributed by atoms with Crippen LogP contribution in [-0.2, 0) is 9.31 Å². The number of allylic oxidation sites excluding steroid dienone is 1. The maximum Gasteiger partial charge on any atom is 0.489 e. The average molecular weight is 291 g/mol. The molecule has 1 aliphatic rings. The lowest BCUT2D eigenvalue weighted by atomic mass is 9.79. The summed E-state index contributed by atoms with van der Waals surface area (Å²) in [6.07, 6.45) is 3.97. The second kappa shape index (κ2) is 5.92. The molecular formula is C15H22BNO2S. The average Bonchev–Trinajstić information content (AvgIpc) is 2.60. The molecule has 1 fully saturated rings. The minimum Gasteiger partial charge on any atom is -0.400 e. The van der Waals surface area contributed by atoms with Crippen molar-refractivity contribution in [3.05, 3.63) is 35.9 Å². The summed E-state index contributed by atoms with van der Waals surface area (Å²) in [7, 11) is -0.246. The molecule has 1 aromatic rings. The normalized spacial score (nSPS) is 21.2. The summed E-state index contributed by atoms with van der Waals surface area (Å²) in [6, 6.07) is 5.94. The Hall–Kier alpha value is -0.775. The lowest BCUT2D eigenvalue weighted by Gasteiger charge is -2.32. The molecule has 1 aromatic heterocycles. The number of hydrogen-bond acceptors (Lipinski definition) is 4. The van der Waals surface area contributed by atoms with Crippen molar-refractivity contribution in [1.82, 2.24) is 4.98 Å². The van der Waals surface area contributed by atoms with E-state index in [0.717, 1.165) is 16.3 Å². The SMILES string of the molecule is C/C(=C\CSc1ccccn1)B1OC(C)(C)C(C)(C)O1. The zero-order valence-electron chi connectivity index (χ0n) is 12.8. The molecule has 5 heteroatoms. The van der Waals surface area contributed by atoms with E-state index in [1.807, 2.05) is 24.4 Å². The lowest BCUT2D eigenvalue weighted by molar-refractivity contribution is 0.00578. The van der Waals surface area contributed by atoms with E-state index in [4.69, 9.17) is 9.31 Å². The molecule has 1 saturated heterocycles. The molecule has 1 aliphatic heterocycles. The molecule has 2 heterocycles. The van der Waals surface area contributed by atoms with Gasteiger partial charge in [-0.15, -0.1) is 11.8 Å². The number of rotatable bonds is 4. The fourth-order valence-electron chi connectivity index (χ4n) is 1.82. The lowest BCUT2D eigenvalue weighted by Crippen LogP contribution is -2.41. The van der Waals surface area contributed by atoms with Crippen LogP contribution in [0.15, 0.2) is 41.0 Å². The van der Waals surface area contributed by atoms with Gasteiger partial charge in [0.25, 0.3) is 0 Å². The Labute approximate surface area is 126 Å². The molecule has 0 bridgehead atoms. The third kappa shape index (κ3) is 3.46. The summed E-state index contributed by atoms with van der Waals surface area (Å²) < 4.78 is 12.0. The third-order valence-corrected chi connectivity index (χ3v) is 4.77. The van der Waals surface area contributed by atoms with Gasteiger partial charge in [-0.3, -0.25) is 0 Å². The highest BCUT2D eigenvalue weighted by Gasteiger charge is 2.51. The fourth-order valence-corrected chi connectivity index (χ4v) is 2.64. The van der Waals surface area contributed by atoms with Crippen molar-refractivity contribution in [3.63, 3.8) is 0 Å². The highest BCUT2D eigenvalue weighted by molar-refractivity contribution is 7.99. The van der Waals surface area contributed by atoms with E-state index in [1.54, 1.807) is 11.8 Å². The van der Waals surface area contributed by atoms with Crippen molar-refractivity contribution in [2.24, 2.45) is 0 Å². The first-order valence-electron chi connectivity index (χ1n) is 6.88. The topological polar surface area (TPSA) is 31.4 Å². The van der Waals surface area contributed by atoms with Crippen molar-refractivity contribution in [2.75, 3.05) is 5.75 Å². The molecule has 0 radical (unpaired) electrons. The summed E-state index contributed by atoms with van der Waals surface area (Å²) in [4.78, 5) is 4.29. The molecule has 3 nitrogen and oxygen atoms in total. The van der Waals surface area contributed by atoms with E-state index in [1.165, 1.54) is 0 Å². The molecule has 0 atom stereocenters. The smallest absolute Gasteiger partial charge is 0.400 e. The van der Waals surface area contributed by atoms with Crippen LogP contribution in [0.3, 0.4) is 0 Å². The Kier molecular flexibility index (Phi) is 4.62. The highest BCUT2D eigenvalue weighted by Crippen LogP contribution is 2.38. The van der Waals surface area contributed by atoms with Gasteiger partial charge in [-0.2, -0.15) is 0 Å². The molecule has 0 aliphatic carbocycles. The van der Waals surface area contributed by atoms with Crippen LogP contribution in [0.2, 0.25) is 0 Å². The van der Waals surface area contributed by atoms with E-state index >= 15 is 0 Å². The van der Waals surface area contributed by atoms with Crippen molar-refractivity contribution >= 4 is 18.9 Å². The van der Waals surface area contributed by atoms with Crippen molar-refractivity contribution in [3.8, 4) is 0 Å². The number of aromatic nitrogens is 1. The van der Waals surface area contributed by atoms with Crippen LogP contribution < -0.4 is 0 Å². The second-order valence-electron chi connectivity index (χ2n) is 6.02. The Morgan fingerprint density at radius 1 is 1.25 bits per heavy atom. The largest absolute Gasteiger partial charge is 0.489 e. The first kappa shape index (κ1) is 15.6. The predicted octanol–water partition coefficient (Wildman–Crippen LogP) is 3.75. The Balaban J connectivity index is 1.92. The van der Waals surface area contributed by atoms with Crippen LogP contribution in [-0.4, -0.2) is 29.1 Å². The molecule has 108 valence electrons. The zero-order chi connectivity index (χ0) is 14.8. The van der Waals surface area contributed by atoms with Gasteiger partial charge in [0, 0.05) is 11.9 Å². The van der Waals surface area contributed by atoms with Gasteiger partial charge in [-0.1, -0.05) is 12.1 Å². The Morgan fingerprint density at radius 2 is 1.90 bits per heavy atom. The molecule has 0 aromatic carbocycles. The van der Waals surface area contributed by atoms with Crippen LogP contribution in [0.4, 0.5) is 0 Å². The third-order valence-electron chi connectivity index (χ3n) is 3.90. The molecule has 0 spiro atoms.